The lowest BCUT2D eigenvalue weighted by atomic mass is 10.1. The van der Waals surface area contributed by atoms with E-state index in [-0.39, 0.29) is 0 Å². The largest absolute Gasteiger partial charge is 0.473 e. The predicted octanol–water partition coefficient (Wildman–Crippen LogP) is 3.30. The molecule has 2 rings (SSSR count). The summed E-state index contributed by atoms with van der Waals surface area (Å²) in [6, 6.07) is 10.3. The molecule has 0 saturated heterocycles. The number of hydrogen-bond donors (Lipinski definition) is 1. The van der Waals surface area contributed by atoms with Crippen molar-refractivity contribution in [3.8, 4) is 5.88 Å². The average molecular weight is 256 g/mol. The van der Waals surface area contributed by atoms with E-state index in [0.717, 1.165) is 36.0 Å². The molecule has 1 heterocycles. The lowest BCUT2D eigenvalue weighted by molar-refractivity contribution is 0.352. The topological polar surface area (TPSA) is 34.1 Å². The maximum atomic E-state index is 5.66. The molecule has 1 aromatic carbocycles. The summed E-state index contributed by atoms with van der Waals surface area (Å²) in [5.41, 5.74) is 1.01. The van der Waals surface area contributed by atoms with E-state index in [0.29, 0.717) is 12.5 Å². The normalized spacial score (nSPS) is 10.6. The van der Waals surface area contributed by atoms with Gasteiger partial charge in [0.1, 0.15) is 6.61 Å². The minimum absolute atomic E-state index is 0.475. The average Bonchev–Trinajstić information content (AvgIpc) is 2.45. The van der Waals surface area contributed by atoms with E-state index in [9.17, 15) is 0 Å². The minimum atomic E-state index is 0.475. The van der Waals surface area contributed by atoms with Crippen LogP contribution in [0.25, 0.3) is 10.8 Å². The molecule has 1 N–H and O–H groups in total. The summed E-state index contributed by atoms with van der Waals surface area (Å²) in [5.74, 6) is 0.686. The van der Waals surface area contributed by atoms with Gasteiger partial charge in [-0.2, -0.15) is 0 Å². The van der Waals surface area contributed by atoms with Crippen LogP contribution >= 0.6 is 0 Å². The number of fused-ring (bicyclic) bond motifs is 1. The third-order valence-corrected chi connectivity index (χ3v) is 2.83. The van der Waals surface area contributed by atoms with Gasteiger partial charge in [0.05, 0.1) is 5.69 Å². The molecule has 0 amide bonds. The van der Waals surface area contributed by atoms with E-state index in [4.69, 9.17) is 4.74 Å². The van der Waals surface area contributed by atoms with Crippen LogP contribution in [0.5, 0.6) is 5.88 Å². The Kier molecular flexibility index (Phi) is 4.93. The Labute approximate surface area is 114 Å². The Morgan fingerprint density at radius 1 is 1.37 bits per heavy atom. The van der Waals surface area contributed by atoms with Gasteiger partial charge in [-0.3, -0.25) is 0 Å². The second-order valence-corrected chi connectivity index (χ2v) is 4.42. The highest BCUT2D eigenvalue weighted by molar-refractivity contribution is 5.87. The van der Waals surface area contributed by atoms with Gasteiger partial charge >= 0.3 is 0 Å². The van der Waals surface area contributed by atoms with Crippen LogP contribution in [-0.2, 0) is 6.54 Å². The molecule has 0 spiro atoms. The van der Waals surface area contributed by atoms with Crippen molar-refractivity contribution in [3.05, 3.63) is 48.7 Å². The summed E-state index contributed by atoms with van der Waals surface area (Å²) in [5, 5.41) is 5.56. The highest BCUT2D eigenvalue weighted by Crippen LogP contribution is 2.24. The van der Waals surface area contributed by atoms with Gasteiger partial charge in [0.2, 0.25) is 5.88 Å². The predicted molar refractivity (Wildman–Crippen MR) is 79.4 cm³/mol. The summed E-state index contributed by atoms with van der Waals surface area (Å²) in [7, 11) is 0. The summed E-state index contributed by atoms with van der Waals surface area (Å²) >= 11 is 0. The van der Waals surface area contributed by atoms with Crippen molar-refractivity contribution < 1.29 is 4.74 Å². The fourth-order valence-electron chi connectivity index (χ4n) is 1.95. The van der Waals surface area contributed by atoms with E-state index >= 15 is 0 Å². The van der Waals surface area contributed by atoms with Gasteiger partial charge in [0.25, 0.3) is 0 Å². The summed E-state index contributed by atoms with van der Waals surface area (Å²) in [6.07, 6.45) is 2.85. The van der Waals surface area contributed by atoms with Gasteiger partial charge in [-0.05, 0) is 30.5 Å². The second-order valence-electron chi connectivity index (χ2n) is 4.42. The van der Waals surface area contributed by atoms with Crippen molar-refractivity contribution in [2.75, 3.05) is 13.2 Å². The molecule has 0 unspecified atom stereocenters. The third kappa shape index (κ3) is 3.55. The maximum absolute atomic E-state index is 5.66. The number of benzene rings is 1. The standard InChI is InChI=1S/C16H20N2O/c1-3-9-17-12-14-11-13-7-5-6-8-15(13)16(18-14)19-10-4-2/h4-8,11,17H,2-3,9-10,12H2,1H3. The first kappa shape index (κ1) is 13.6. The van der Waals surface area contributed by atoms with E-state index < -0.39 is 0 Å². The van der Waals surface area contributed by atoms with Crippen molar-refractivity contribution in [2.45, 2.75) is 19.9 Å². The van der Waals surface area contributed by atoms with E-state index in [1.165, 1.54) is 0 Å². The minimum Gasteiger partial charge on any atom is -0.473 e. The highest BCUT2D eigenvalue weighted by atomic mass is 16.5. The molecular formula is C16H20N2O. The molecule has 100 valence electrons. The molecule has 2 aromatic rings. The number of ether oxygens (including phenoxy) is 1. The Morgan fingerprint density at radius 3 is 3.00 bits per heavy atom. The van der Waals surface area contributed by atoms with Gasteiger partial charge in [0, 0.05) is 11.9 Å². The third-order valence-electron chi connectivity index (χ3n) is 2.83. The van der Waals surface area contributed by atoms with Gasteiger partial charge < -0.3 is 10.1 Å². The van der Waals surface area contributed by atoms with E-state index in [1.54, 1.807) is 6.08 Å². The molecule has 0 fully saturated rings. The zero-order chi connectivity index (χ0) is 13.5. The number of rotatable bonds is 7. The van der Waals surface area contributed by atoms with Gasteiger partial charge in [0.15, 0.2) is 0 Å². The lowest BCUT2D eigenvalue weighted by Crippen LogP contribution is -2.15. The molecule has 0 bridgehead atoms. The van der Waals surface area contributed by atoms with Crippen molar-refractivity contribution >= 4 is 10.8 Å². The highest BCUT2D eigenvalue weighted by Gasteiger charge is 2.06. The van der Waals surface area contributed by atoms with E-state index in [2.05, 4.69) is 35.9 Å². The Balaban J connectivity index is 2.29. The molecule has 0 atom stereocenters. The maximum Gasteiger partial charge on any atom is 0.221 e. The molecule has 0 radical (unpaired) electrons. The number of nitrogens with one attached hydrogen (secondary N) is 1. The molecule has 1 aromatic heterocycles. The second kappa shape index (κ2) is 6.90. The molecule has 3 nitrogen and oxygen atoms in total. The van der Waals surface area contributed by atoms with Crippen LogP contribution in [0.2, 0.25) is 0 Å². The molecule has 0 saturated carbocycles. The van der Waals surface area contributed by atoms with Gasteiger partial charge in [-0.1, -0.05) is 37.8 Å². The van der Waals surface area contributed by atoms with E-state index in [1.807, 2.05) is 18.2 Å². The summed E-state index contributed by atoms with van der Waals surface area (Å²) < 4.78 is 5.66. The van der Waals surface area contributed by atoms with Crippen LogP contribution in [0.1, 0.15) is 19.0 Å². The summed E-state index contributed by atoms with van der Waals surface area (Å²) in [4.78, 5) is 4.58. The van der Waals surface area contributed by atoms with Crippen molar-refractivity contribution in [1.29, 1.82) is 0 Å². The van der Waals surface area contributed by atoms with Crippen LogP contribution in [0.3, 0.4) is 0 Å². The molecular weight excluding hydrogens is 236 g/mol. The van der Waals surface area contributed by atoms with Gasteiger partial charge in [-0.25, -0.2) is 4.98 Å². The van der Waals surface area contributed by atoms with Crippen molar-refractivity contribution in [2.24, 2.45) is 0 Å². The Morgan fingerprint density at radius 2 is 2.21 bits per heavy atom. The SMILES string of the molecule is C=CCOc1nc(CNCCC)cc2ccccc12. The first-order chi connectivity index (χ1) is 9.35. The quantitative estimate of drug-likeness (QED) is 0.609. The molecule has 0 aliphatic carbocycles. The van der Waals surface area contributed by atoms with Crippen molar-refractivity contribution in [3.63, 3.8) is 0 Å². The number of hydrogen-bond acceptors (Lipinski definition) is 3. The summed E-state index contributed by atoms with van der Waals surface area (Å²) in [6.45, 7) is 8.07. The van der Waals surface area contributed by atoms with Crippen LogP contribution in [-0.4, -0.2) is 18.1 Å². The molecule has 3 heteroatoms. The fraction of sp³-hybridized carbons (Fsp3) is 0.312. The monoisotopic (exact) mass is 256 g/mol. The number of nitrogens with zero attached hydrogens (tertiary/aromatic N) is 1. The zero-order valence-corrected chi connectivity index (χ0v) is 11.4. The van der Waals surface area contributed by atoms with Crippen LogP contribution in [0.15, 0.2) is 43.0 Å². The Hall–Kier alpha value is -1.87. The van der Waals surface area contributed by atoms with Crippen molar-refractivity contribution in [1.82, 2.24) is 10.3 Å². The van der Waals surface area contributed by atoms with Crippen LogP contribution in [0.4, 0.5) is 0 Å². The van der Waals surface area contributed by atoms with Crippen LogP contribution in [0, 0.1) is 0 Å². The number of pyridine rings is 1. The zero-order valence-electron chi connectivity index (χ0n) is 11.4. The first-order valence-electron chi connectivity index (χ1n) is 6.68. The molecule has 0 aliphatic rings. The Bertz CT molecular complexity index is 551. The van der Waals surface area contributed by atoms with Gasteiger partial charge in [-0.15, -0.1) is 0 Å². The molecule has 19 heavy (non-hydrogen) atoms. The first-order valence-corrected chi connectivity index (χ1v) is 6.68. The molecule has 0 aliphatic heterocycles. The lowest BCUT2D eigenvalue weighted by Gasteiger charge is -2.10. The fourth-order valence-corrected chi connectivity index (χ4v) is 1.95. The van der Waals surface area contributed by atoms with Crippen LogP contribution < -0.4 is 10.1 Å². The number of aromatic nitrogens is 1. The smallest absolute Gasteiger partial charge is 0.221 e.